The van der Waals surface area contributed by atoms with E-state index in [1.54, 1.807) is 0 Å². The second-order valence-corrected chi connectivity index (χ2v) is 5.35. The fourth-order valence-electron chi connectivity index (χ4n) is 2.64. The maximum Gasteiger partial charge on any atom is 0.573 e. The van der Waals surface area contributed by atoms with Crippen LogP contribution in [0.2, 0.25) is 0 Å². The molecular weight excluding hydrogens is 342 g/mol. The van der Waals surface area contributed by atoms with Crippen LogP contribution in [0.3, 0.4) is 0 Å². The summed E-state index contributed by atoms with van der Waals surface area (Å²) in [7, 11) is 0. The van der Waals surface area contributed by atoms with Gasteiger partial charge >= 0.3 is 6.36 Å². The Labute approximate surface area is 134 Å². The summed E-state index contributed by atoms with van der Waals surface area (Å²) < 4.78 is 82.1. The van der Waals surface area contributed by atoms with E-state index >= 15 is 0 Å². The van der Waals surface area contributed by atoms with E-state index in [2.05, 4.69) is 10.1 Å². The van der Waals surface area contributed by atoms with Crippen molar-refractivity contribution in [2.45, 2.75) is 18.3 Å². The Hall–Kier alpha value is -1.52. The molecule has 10 heteroatoms. The minimum Gasteiger partial charge on any atom is -0.403 e. The van der Waals surface area contributed by atoms with Crippen molar-refractivity contribution in [2.24, 2.45) is 0 Å². The Balaban J connectivity index is 2.34. The van der Waals surface area contributed by atoms with Crippen LogP contribution in [0.25, 0.3) is 0 Å². The first-order chi connectivity index (χ1) is 11.1. The molecule has 0 amide bonds. The summed E-state index contributed by atoms with van der Waals surface area (Å²) in [5, 5.41) is 11.9. The third-order valence-corrected chi connectivity index (χ3v) is 3.62. The van der Waals surface area contributed by atoms with Crippen molar-refractivity contribution in [3.63, 3.8) is 0 Å². The fourth-order valence-corrected chi connectivity index (χ4v) is 2.64. The molecule has 0 bridgehead atoms. The average molecular weight is 358 g/mol. The number of nitrogens with zero attached hydrogens (tertiary/aromatic N) is 1. The summed E-state index contributed by atoms with van der Waals surface area (Å²) in [6.07, 6.45) is -5.09. The third-order valence-electron chi connectivity index (χ3n) is 3.62. The maximum atomic E-state index is 14.1. The highest BCUT2D eigenvalue weighted by Crippen LogP contribution is 2.38. The Bertz CT molecular complexity index is 561. The monoisotopic (exact) mass is 358 g/mol. The highest BCUT2D eigenvalue weighted by atomic mass is 19.4. The number of alkyl halides is 5. The van der Waals surface area contributed by atoms with Gasteiger partial charge in [0.2, 0.25) is 0 Å². The molecule has 2 N–H and O–H groups in total. The fraction of sp³-hybridized carbons (Fsp3) is 0.571. The minimum atomic E-state index is -5.09. The van der Waals surface area contributed by atoms with Crippen LogP contribution in [-0.4, -0.2) is 55.1 Å². The molecule has 2 rings (SSSR count). The van der Waals surface area contributed by atoms with Crippen molar-refractivity contribution in [3.8, 4) is 5.75 Å². The molecule has 1 atom stereocenters. The van der Waals surface area contributed by atoms with Gasteiger partial charge in [-0.05, 0) is 17.7 Å². The number of aliphatic hydroxyl groups is 1. The lowest BCUT2D eigenvalue weighted by molar-refractivity contribution is -0.275. The molecule has 1 aliphatic rings. The normalized spacial score (nSPS) is 18.5. The van der Waals surface area contributed by atoms with Crippen LogP contribution >= 0.6 is 0 Å². The molecule has 0 aromatic heterocycles. The van der Waals surface area contributed by atoms with Crippen LogP contribution in [0.4, 0.5) is 26.3 Å². The highest BCUT2D eigenvalue weighted by molar-refractivity contribution is 5.32. The third kappa shape index (κ3) is 4.52. The number of hydrogen-bond donors (Lipinski definition) is 2. The van der Waals surface area contributed by atoms with Crippen molar-refractivity contribution >= 4 is 0 Å². The van der Waals surface area contributed by atoms with Crippen molar-refractivity contribution < 1.29 is 36.2 Å². The number of piperazine rings is 1. The van der Waals surface area contributed by atoms with Gasteiger partial charge in [0.15, 0.2) is 11.6 Å². The number of rotatable bonds is 5. The largest absolute Gasteiger partial charge is 0.573 e. The predicted molar refractivity (Wildman–Crippen MR) is 72.3 cm³/mol. The summed E-state index contributed by atoms with van der Waals surface area (Å²) in [5.41, 5.74) is -0.233. The van der Waals surface area contributed by atoms with Gasteiger partial charge in [0.25, 0.3) is 5.92 Å². The van der Waals surface area contributed by atoms with Gasteiger partial charge in [0.1, 0.15) is 12.6 Å². The van der Waals surface area contributed by atoms with Crippen molar-refractivity contribution in [3.05, 3.63) is 29.6 Å². The molecule has 24 heavy (non-hydrogen) atoms. The van der Waals surface area contributed by atoms with Gasteiger partial charge in [0, 0.05) is 26.2 Å². The SMILES string of the molecule is OCC(F)(F)[C@@H](c1ccc(OC(F)(F)F)c(F)c1)N1CCNCC1. The molecule has 136 valence electrons. The van der Waals surface area contributed by atoms with Gasteiger partial charge in [-0.3, -0.25) is 4.90 Å². The molecule has 0 radical (unpaired) electrons. The quantitative estimate of drug-likeness (QED) is 0.793. The zero-order valence-electron chi connectivity index (χ0n) is 12.4. The standard InChI is InChI=1S/C14H16F6N2O2/c15-10-7-9(1-2-11(10)24-14(18,19)20)12(13(16,17)8-23)22-5-3-21-4-6-22/h1-2,7,12,21,23H,3-6,8H2/t12-/m1/s1. The summed E-state index contributed by atoms with van der Waals surface area (Å²) in [6, 6.07) is 0.525. The van der Waals surface area contributed by atoms with Gasteiger partial charge in [-0.25, -0.2) is 13.2 Å². The molecule has 1 heterocycles. The first kappa shape index (κ1) is 18.8. The number of aliphatic hydroxyl groups excluding tert-OH is 1. The van der Waals surface area contributed by atoms with E-state index in [1.807, 2.05) is 0 Å². The van der Waals surface area contributed by atoms with Crippen LogP contribution in [0, 0.1) is 5.82 Å². The van der Waals surface area contributed by atoms with Gasteiger partial charge < -0.3 is 15.2 Å². The van der Waals surface area contributed by atoms with Gasteiger partial charge in [-0.1, -0.05) is 6.07 Å². The molecule has 1 aromatic rings. The number of nitrogens with one attached hydrogen (secondary N) is 1. The smallest absolute Gasteiger partial charge is 0.403 e. The van der Waals surface area contributed by atoms with Crippen LogP contribution in [0.1, 0.15) is 11.6 Å². The molecule has 0 spiro atoms. The molecule has 1 aliphatic heterocycles. The lowest BCUT2D eigenvalue weighted by Crippen LogP contribution is -2.51. The minimum absolute atomic E-state index is 0.225. The van der Waals surface area contributed by atoms with Gasteiger partial charge in [0.05, 0.1) is 0 Å². The molecular formula is C14H16F6N2O2. The lowest BCUT2D eigenvalue weighted by atomic mass is 9.98. The zero-order chi connectivity index (χ0) is 18.0. The van der Waals surface area contributed by atoms with Gasteiger partial charge in [-0.2, -0.15) is 0 Å². The number of halogens is 6. The van der Waals surface area contributed by atoms with Crippen molar-refractivity contribution in [1.82, 2.24) is 10.2 Å². The Morgan fingerprint density at radius 1 is 1.17 bits per heavy atom. The highest BCUT2D eigenvalue weighted by Gasteiger charge is 2.44. The predicted octanol–water partition coefficient (Wildman–Crippen LogP) is 2.30. The molecule has 0 unspecified atom stereocenters. The topological polar surface area (TPSA) is 44.7 Å². The van der Waals surface area contributed by atoms with Crippen molar-refractivity contribution in [2.75, 3.05) is 32.8 Å². The molecule has 1 fully saturated rings. The second-order valence-electron chi connectivity index (χ2n) is 5.35. The first-order valence-electron chi connectivity index (χ1n) is 7.13. The Kier molecular flexibility index (Phi) is 5.61. The molecule has 1 aromatic carbocycles. The number of ether oxygens (including phenoxy) is 1. The molecule has 4 nitrogen and oxygen atoms in total. The molecule has 0 saturated carbocycles. The summed E-state index contributed by atoms with van der Waals surface area (Å²) >= 11 is 0. The van der Waals surface area contributed by atoms with E-state index in [9.17, 15) is 26.3 Å². The summed E-state index contributed by atoms with van der Waals surface area (Å²) in [5.74, 6) is -6.09. The van der Waals surface area contributed by atoms with E-state index < -0.39 is 36.5 Å². The number of benzene rings is 1. The zero-order valence-corrected chi connectivity index (χ0v) is 12.4. The first-order valence-corrected chi connectivity index (χ1v) is 7.13. The van der Waals surface area contributed by atoms with Crippen LogP contribution < -0.4 is 10.1 Å². The summed E-state index contributed by atoms with van der Waals surface area (Å²) in [4.78, 5) is 1.35. The van der Waals surface area contributed by atoms with Gasteiger partial charge in [-0.15, -0.1) is 13.2 Å². The Morgan fingerprint density at radius 2 is 1.79 bits per heavy atom. The van der Waals surface area contributed by atoms with Crippen LogP contribution in [-0.2, 0) is 0 Å². The van der Waals surface area contributed by atoms with E-state index in [-0.39, 0.29) is 18.7 Å². The van der Waals surface area contributed by atoms with E-state index in [1.165, 1.54) is 4.90 Å². The Morgan fingerprint density at radius 3 is 2.29 bits per heavy atom. The summed E-state index contributed by atoms with van der Waals surface area (Å²) in [6.45, 7) is -0.166. The van der Waals surface area contributed by atoms with Crippen LogP contribution in [0.15, 0.2) is 18.2 Å². The lowest BCUT2D eigenvalue weighted by Gasteiger charge is -2.38. The molecule has 0 aliphatic carbocycles. The maximum absolute atomic E-state index is 14.1. The number of hydrogen-bond acceptors (Lipinski definition) is 4. The average Bonchev–Trinajstić information content (AvgIpc) is 2.50. The van der Waals surface area contributed by atoms with Crippen molar-refractivity contribution in [1.29, 1.82) is 0 Å². The van der Waals surface area contributed by atoms with E-state index in [0.29, 0.717) is 25.2 Å². The van der Waals surface area contributed by atoms with E-state index in [4.69, 9.17) is 5.11 Å². The second kappa shape index (κ2) is 7.16. The van der Waals surface area contributed by atoms with Crippen LogP contribution in [0.5, 0.6) is 5.75 Å². The molecule has 1 saturated heterocycles. The van der Waals surface area contributed by atoms with E-state index in [0.717, 1.165) is 6.07 Å².